The summed E-state index contributed by atoms with van der Waals surface area (Å²) in [4.78, 5) is 2.74. The quantitative estimate of drug-likeness (QED) is 0.149. The zero-order valence-electron chi connectivity index (χ0n) is 37.6. The lowest BCUT2D eigenvalue weighted by Crippen LogP contribution is -2.60. The van der Waals surface area contributed by atoms with Gasteiger partial charge in [-0.15, -0.1) is 22.7 Å². The molecule has 0 bridgehead atoms. The summed E-state index contributed by atoms with van der Waals surface area (Å²) < 4.78 is 8.10. The van der Waals surface area contributed by atoms with Crippen LogP contribution < -0.4 is 15.7 Å². The number of thiophene rings is 2. The van der Waals surface area contributed by atoms with E-state index in [9.17, 15) is 0 Å². The first-order valence-electron chi connectivity index (χ1n) is 22.9. The first-order valence-corrected chi connectivity index (χ1v) is 24.5. The number of nitrogens with zero attached hydrogens (tertiary/aromatic N) is 2. The van der Waals surface area contributed by atoms with Crippen molar-refractivity contribution in [3.05, 3.63) is 162 Å². The van der Waals surface area contributed by atoms with Crippen molar-refractivity contribution in [3.8, 4) is 27.9 Å². The SMILES string of the molecule is CC(C)(C)c1ccc(N2B3c4cc5c(cc4-n4c6ccc(C(C)(C)C)cc6c6c7sc8ccccc8c7c(c3c64)-c3cc4c(cc32)sc2ccccc24)C(C)(C)c2ccccc2-5)cc1. The predicted molar refractivity (Wildman–Crippen MR) is 281 cm³/mol. The minimum absolute atomic E-state index is 0.00299. The van der Waals surface area contributed by atoms with Crippen LogP contribution in [0.15, 0.2) is 140 Å². The summed E-state index contributed by atoms with van der Waals surface area (Å²) in [7, 11) is 0. The largest absolute Gasteiger partial charge is 0.376 e. The fraction of sp³-hybridized carbons (Fsp3) is 0.186. The summed E-state index contributed by atoms with van der Waals surface area (Å²) in [6.07, 6.45) is 0. The maximum absolute atomic E-state index is 2.74. The van der Waals surface area contributed by atoms with Gasteiger partial charge in [0.1, 0.15) is 0 Å². The standard InChI is InChI=1S/C59H47BN2S2/c1-57(2,3)32-21-24-34(25-22-32)62-46-31-50-39(36-16-10-13-19-48(36)63-50)28-41(46)51-52-37-17-11-14-20-49(37)64-56(52)53-40-27-33(58(4,5)6)23-26-45(40)61-47-30-43-38(29-44(47)60(62)54(51)55(53)61)35-15-9-12-18-42(35)59(43,7)8/h9-31H,1-8H3. The topological polar surface area (TPSA) is 8.17 Å². The summed E-state index contributed by atoms with van der Waals surface area (Å²) in [5.41, 5.74) is 20.1. The number of aromatic nitrogens is 1. The van der Waals surface area contributed by atoms with E-state index in [1.807, 2.05) is 22.7 Å². The van der Waals surface area contributed by atoms with Gasteiger partial charge in [-0.2, -0.15) is 0 Å². The summed E-state index contributed by atoms with van der Waals surface area (Å²) >= 11 is 3.90. The number of benzene rings is 8. The molecule has 14 rings (SSSR count). The molecule has 5 heterocycles. The molecule has 2 aliphatic heterocycles. The maximum Gasteiger partial charge on any atom is 0.333 e. The van der Waals surface area contributed by atoms with Crippen LogP contribution >= 0.6 is 22.7 Å². The molecule has 0 saturated heterocycles. The molecule has 0 N–H and O–H groups in total. The minimum Gasteiger partial charge on any atom is -0.376 e. The van der Waals surface area contributed by atoms with Gasteiger partial charge in [0.2, 0.25) is 0 Å². The van der Waals surface area contributed by atoms with Crippen LogP contribution in [0.4, 0.5) is 11.4 Å². The first-order chi connectivity index (χ1) is 30.8. The highest BCUT2D eigenvalue weighted by molar-refractivity contribution is 7.27. The Kier molecular flexibility index (Phi) is 7.07. The van der Waals surface area contributed by atoms with E-state index >= 15 is 0 Å². The van der Waals surface area contributed by atoms with E-state index in [0.717, 1.165) is 0 Å². The molecule has 11 aromatic rings. The van der Waals surface area contributed by atoms with Crippen LogP contribution in [0.1, 0.15) is 77.6 Å². The van der Waals surface area contributed by atoms with Crippen molar-refractivity contribution < 1.29 is 0 Å². The van der Waals surface area contributed by atoms with Crippen molar-refractivity contribution in [2.45, 2.75) is 71.6 Å². The third kappa shape index (κ3) is 4.66. The number of fused-ring (bicyclic) bond motifs is 19. The van der Waals surface area contributed by atoms with Crippen LogP contribution in [0.2, 0.25) is 0 Å². The Morgan fingerprint density at radius 3 is 1.97 bits per heavy atom. The summed E-state index contributed by atoms with van der Waals surface area (Å²) in [6.45, 7) is 18.8. The molecule has 2 nitrogen and oxygen atoms in total. The molecule has 0 amide bonds. The summed E-state index contributed by atoms with van der Waals surface area (Å²) in [5.74, 6) is 0. The fourth-order valence-corrected chi connectivity index (χ4v) is 14.5. The van der Waals surface area contributed by atoms with Crippen LogP contribution in [0.25, 0.3) is 90.1 Å². The van der Waals surface area contributed by atoms with Gasteiger partial charge in [0.25, 0.3) is 0 Å². The molecular formula is C59H47BN2S2. The lowest BCUT2D eigenvalue weighted by Gasteiger charge is -2.43. The second kappa shape index (κ2) is 12.1. The van der Waals surface area contributed by atoms with Gasteiger partial charge < -0.3 is 9.38 Å². The van der Waals surface area contributed by atoms with Crippen LogP contribution in [-0.4, -0.2) is 11.4 Å². The molecule has 0 spiro atoms. The van der Waals surface area contributed by atoms with E-state index in [4.69, 9.17) is 0 Å². The molecular weight excluding hydrogens is 812 g/mol. The molecule has 3 aromatic heterocycles. The average Bonchev–Trinajstić information content (AvgIpc) is 4.01. The zero-order chi connectivity index (χ0) is 43.3. The van der Waals surface area contributed by atoms with E-state index in [1.54, 1.807) is 0 Å². The van der Waals surface area contributed by atoms with Gasteiger partial charge in [0.15, 0.2) is 0 Å². The lowest BCUT2D eigenvalue weighted by molar-refractivity contribution is 0.590. The zero-order valence-corrected chi connectivity index (χ0v) is 39.2. The van der Waals surface area contributed by atoms with Crippen molar-refractivity contribution in [2.24, 2.45) is 0 Å². The predicted octanol–water partition coefficient (Wildman–Crippen LogP) is 15.7. The Morgan fingerprint density at radius 2 is 1.20 bits per heavy atom. The number of rotatable bonds is 1. The Labute approximate surface area is 382 Å². The lowest BCUT2D eigenvalue weighted by atomic mass is 9.43. The Bertz CT molecular complexity index is 3900. The van der Waals surface area contributed by atoms with Crippen molar-refractivity contribution in [3.63, 3.8) is 0 Å². The van der Waals surface area contributed by atoms with Crippen LogP contribution in [-0.2, 0) is 16.2 Å². The average molecular weight is 859 g/mol. The van der Waals surface area contributed by atoms with Gasteiger partial charge in [0.05, 0.1) is 11.0 Å². The second-order valence-electron chi connectivity index (χ2n) is 21.3. The highest BCUT2D eigenvalue weighted by atomic mass is 32.1. The molecule has 8 aromatic carbocycles. The van der Waals surface area contributed by atoms with Crippen molar-refractivity contribution in [1.29, 1.82) is 0 Å². The summed E-state index contributed by atoms with van der Waals surface area (Å²) in [5, 5.41) is 8.16. The smallest absolute Gasteiger partial charge is 0.333 e. The van der Waals surface area contributed by atoms with Gasteiger partial charge >= 0.3 is 6.85 Å². The highest BCUT2D eigenvalue weighted by Gasteiger charge is 2.48. The minimum atomic E-state index is -0.141. The molecule has 0 radical (unpaired) electrons. The molecule has 0 fully saturated rings. The Hall–Kier alpha value is -6.14. The van der Waals surface area contributed by atoms with Gasteiger partial charge in [-0.1, -0.05) is 140 Å². The molecule has 1 aliphatic carbocycles. The number of hydrogen-bond acceptors (Lipinski definition) is 3. The van der Waals surface area contributed by atoms with E-state index in [-0.39, 0.29) is 23.1 Å². The maximum atomic E-state index is 2.74. The third-order valence-corrected chi connectivity index (χ3v) is 17.6. The van der Waals surface area contributed by atoms with Crippen LogP contribution in [0.3, 0.4) is 0 Å². The molecule has 5 heteroatoms. The Morgan fingerprint density at radius 1 is 0.516 bits per heavy atom. The second-order valence-corrected chi connectivity index (χ2v) is 23.4. The highest BCUT2D eigenvalue weighted by Crippen LogP contribution is 2.56. The normalized spacial score (nSPS) is 14.9. The molecule has 308 valence electrons. The van der Waals surface area contributed by atoms with E-state index in [1.165, 1.54) is 135 Å². The first kappa shape index (κ1) is 37.3. The Balaban J connectivity index is 1.23. The van der Waals surface area contributed by atoms with Gasteiger partial charge in [-0.3, -0.25) is 0 Å². The molecule has 0 saturated carbocycles. The van der Waals surface area contributed by atoms with Gasteiger partial charge in [-0.05, 0) is 115 Å². The number of hydrogen-bond donors (Lipinski definition) is 0. The van der Waals surface area contributed by atoms with Crippen molar-refractivity contribution >= 4 is 114 Å². The van der Waals surface area contributed by atoms with Crippen molar-refractivity contribution in [2.75, 3.05) is 4.81 Å². The van der Waals surface area contributed by atoms with E-state index in [0.29, 0.717) is 0 Å². The molecule has 0 unspecified atom stereocenters. The van der Waals surface area contributed by atoms with Crippen molar-refractivity contribution in [1.82, 2.24) is 4.57 Å². The summed E-state index contributed by atoms with van der Waals surface area (Å²) in [6, 6.07) is 54.6. The fourth-order valence-electron chi connectivity index (χ4n) is 12.1. The van der Waals surface area contributed by atoms with Gasteiger partial charge in [-0.25, -0.2) is 0 Å². The van der Waals surface area contributed by atoms with E-state index in [2.05, 4.69) is 204 Å². The van der Waals surface area contributed by atoms with E-state index < -0.39 is 0 Å². The molecule has 3 aliphatic rings. The van der Waals surface area contributed by atoms with Gasteiger partial charge in [0, 0.05) is 79.2 Å². The molecule has 0 atom stereocenters. The molecule has 64 heavy (non-hydrogen) atoms. The number of anilines is 2. The van der Waals surface area contributed by atoms with Crippen LogP contribution in [0, 0.1) is 0 Å². The van der Waals surface area contributed by atoms with Crippen LogP contribution in [0.5, 0.6) is 0 Å². The monoisotopic (exact) mass is 858 g/mol. The third-order valence-electron chi connectivity index (χ3n) is 15.3.